The van der Waals surface area contributed by atoms with E-state index in [9.17, 15) is 20.4 Å². The molecule has 154 valence electrons. The lowest BCUT2D eigenvalue weighted by molar-refractivity contribution is -0.277. The van der Waals surface area contributed by atoms with Crippen LogP contribution in [0.15, 0.2) is 18.2 Å². The Morgan fingerprint density at radius 1 is 1.11 bits per heavy atom. The van der Waals surface area contributed by atoms with Crippen molar-refractivity contribution < 1.29 is 34.6 Å². The molecule has 1 aliphatic rings. The molecule has 0 aliphatic carbocycles. The van der Waals surface area contributed by atoms with Crippen LogP contribution in [0.2, 0.25) is 0 Å². The number of aliphatic hydroxyl groups is 4. The minimum absolute atomic E-state index is 0.260. The summed E-state index contributed by atoms with van der Waals surface area (Å²) in [6, 6.07) is 5.45. The van der Waals surface area contributed by atoms with E-state index in [0.29, 0.717) is 24.6 Å². The zero-order chi connectivity index (χ0) is 20.2. The molecular weight excluding hydrogens is 354 g/mol. The van der Waals surface area contributed by atoms with E-state index in [1.807, 2.05) is 39.8 Å². The molecular formula is C19H31NO7. The van der Waals surface area contributed by atoms with Crippen molar-refractivity contribution in [2.75, 3.05) is 18.5 Å². The highest BCUT2D eigenvalue weighted by Crippen LogP contribution is 2.31. The van der Waals surface area contributed by atoms with Gasteiger partial charge in [-0.2, -0.15) is 0 Å². The van der Waals surface area contributed by atoms with E-state index < -0.39 is 37.3 Å². The Bertz CT molecular complexity index is 602. The molecule has 27 heavy (non-hydrogen) atoms. The largest absolute Gasteiger partial charge is 0.460 e. The molecule has 1 aromatic carbocycles. The van der Waals surface area contributed by atoms with Crippen molar-refractivity contribution in [1.82, 2.24) is 0 Å². The summed E-state index contributed by atoms with van der Waals surface area (Å²) in [7, 11) is 0. The van der Waals surface area contributed by atoms with Gasteiger partial charge in [-0.3, -0.25) is 0 Å². The molecule has 1 aliphatic heterocycles. The monoisotopic (exact) mass is 385 g/mol. The number of hydrogen-bond donors (Lipinski definition) is 5. The van der Waals surface area contributed by atoms with Crippen LogP contribution in [0, 0.1) is 0 Å². The normalized spacial score (nSPS) is 28.8. The van der Waals surface area contributed by atoms with Gasteiger partial charge in [-0.05, 0) is 45.4 Å². The SMILES string of the molecule is CCNc1cc(COC(C)(C)C)ccc1OC1OC(CO)C(O)C(O)C1O. The summed E-state index contributed by atoms with van der Waals surface area (Å²) in [5.74, 6) is 0.417. The van der Waals surface area contributed by atoms with Crippen LogP contribution in [0.3, 0.4) is 0 Å². The maximum Gasteiger partial charge on any atom is 0.229 e. The zero-order valence-electron chi connectivity index (χ0n) is 16.3. The zero-order valence-corrected chi connectivity index (χ0v) is 16.3. The third-order valence-corrected chi connectivity index (χ3v) is 4.17. The fourth-order valence-electron chi connectivity index (χ4n) is 2.69. The molecule has 5 N–H and O–H groups in total. The van der Waals surface area contributed by atoms with E-state index >= 15 is 0 Å². The average Bonchev–Trinajstić information content (AvgIpc) is 2.61. The summed E-state index contributed by atoms with van der Waals surface area (Å²) >= 11 is 0. The molecule has 5 atom stereocenters. The molecule has 0 amide bonds. The van der Waals surface area contributed by atoms with Crippen LogP contribution in [0.5, 0.6) is 5.75 Å². The first kappa shape index (κ1) is 21.9. The number of benzene rings is 1. The molecule has 1 heterocycles. The van der Waals surface area contributed by atoms with Crippen molar-refractivity contribution in [2.24, 2.45) is 0 Å². The molecule has 1 saturated heterocycles. The van der Waals surface area contributed by atoms with Gasteiger partial charge >= 0.3 is 0 Å². The van der Waals surface area contributed by atoms with Crippen LogP contribution in [0.25, 0.3) is 0 Å². The summed E-state index contributed by atoms with van der Waals surface area (Å²) in [6.07, 6.45) is -6.61. The summed E-state index contributed by atoms with van der Waals surface area (Å²) in [6.45, 7) is 8.46. The van der Waals surface area contributed by atoms with Crippen LogP contribution >= 0.6 is 0 Å². The Morgan fingerprint density at radius 2 is 1.81 bits per heavy atom. The average molecular weight is 385 g/mol. The quantitative estimate of drug-likeness (QED) is 0.463. The molecule has 0 bridgehead atoms. The van der Waals surface area contributed by atoms with Gasteiger partial charge in [0.25, 0.3) is 0 Å². The van der Waals surface area contributed by atoms with Gasteiger partial charge in [0.05, 0.1) is 24.5 Å². The third kappa shape index (κ3) is 5.78. The Morgan fingerprint density at radius 3 is 2.41 bits per heavy atom. The van der Waals surface area contributed by atoms with E-state index in [-0.39, 0.29) is 5.60 Å². The van der Waals surface area contributed by atoms with Crippen molar-refractivity contribution in [2.45, 2.75) is 70.6 Å². The van der Waals surface area contributed by atoms with Crippen LogP contribution in [-0.2, 0) is 16.1 Å². The molecule has 8 nitrogen and oxygen atoms in total. The topological polar surface area (TPSA) is 121 Å². The minimum atomic E-state index is -1.48. The lowest BCUT2D eigenvalue weighted by Gasteiger charge is -2.39. The molecule has 2 rings (SSSR count). The summed E-state index contributed by atoms with van der Waals surface area (Å²) in [4.78, 5) is 0. The van der Waals surface area contributed by atoms with Crippen molar-refractivity contribution >= 4 is 5.69 Å². The number of aliphatic hydroxyl groups excluding tert-OH is 4. The lowest BCUT2D eigenvalue weighted by atomic mass is 9.99. The standard InChI is InChI=1S/C19H31NO7/c1-5-20-12-8-11(10-25-19(2,3)4)6-7-13(12)26-18-17(24)16(23)15(22)14(9-21)27-18/h6-8,14-18,20-24H,5,9-10H2,1-4H3. The van der Waals surface area contributed by atoms with Crippen molar-refractivity contribution in [3.63, 3.8) is 0 Å². The maximum absolute atomic E-state index is 10.1. The van der Waals surface area contributed by atoms with Gasteiger partial charge in [0, 0.05) is 6.54 Å². The Balaban J connectivity index is 2.16. The fourth-order valence-corrected chi connectivity index (χ4v) is 2.69. The van der Waals surface area contributed by atoms with Gasteiger partial charge in [0.1, 0.15) is 30.2 Å². The van der Waals surface area contributed by atoms with Crippen LogP contribution in [-0.4, -0.2) is 69.9 Å². The van der Waals surface area contributed by atoms with Gasteiger partial charge in [-0.15, -0.1) is 0 Å². The second-order valence-electron chi connectivity index (χ2n) is 7.58. The predicted molar refractivity (Wildman–Crippen MR) is 99.5 cm³/mol. The van der Waals surface area contributed by atoms with Gasteiger partial charge < -0.3 is 40.0 Å². The molecule has 1 fully saturated rings. The number of rotatable bonds is 7. The number of ether oxygens (including phenoxy) is 3. The molecule has 5 unspecified atom stereocenters. The lowest BCUT2D eigenvalue weighted by Crippen LogP contribution is -2.60. The highest BCUT2D eigenvalue weighted by molar-refractivity contribution is 5.58. The first-order valence-electron chi connectivity index (χ1n) is 9.14. The third-order valence-electron chi connectivity index (χ3n) is 4.17. The first-order chi connectivity index (χ1) is 12.7. The predicted octanol–water partition coefficient (Wildman–Crippen LogP) is 0.612. The highest BCUT2D eigenvalue weighted by atomic mass is 16.7. The van der Waals surface area contributed by atoms with Crippen LogP contribution in [0.4, 0.5) is 5.69 Å². The maximum atomic E-state index is 10.1. The van der Waals surface area contributed by atoms with E-state index in [1.165, 1.54) is 0 Å². The van der Waals surface area contributed by atoms with E-state index in [1.54, 1.807) is 6.07 Å². The van der Waals surface area contributed by atoms with E-state index in [2.05, 4.69) is 5.32 Å². The second-order valence-corrected chi connectivity index (χ2v) is 7.58. The van der Waals surface area contributed by atoms with Gasteiger partial charge in [0.15, 0.2) is 0 Å². The Kier molecular flexibility index (Phi) is 7.44. The Hall–Kier alpha value is -1.42. The molecule has 0 saturated carbocycles. The van der Waals surface area contributed by atoms with E-state index in [4.69, 9.17) is 14.2 Å². The smallest absolute Gasteiger partial charge is 0.229 e. The molecule has 8 heteroatoms. The Labute approximate surface area is 159 Å². The summed E-state index contributed by atoms with van der Waals surface area (Å²) in [5.41, 5.74) is 1.37. The van der Waals surface area contributed by atoms with E-state index in [0.717, 1.165) is 5.56 Å². The molecule has 0 radical (unpaired) electrons. The van der Waals surface area contributed by atoms with Gasteiger partial charge in [0.2, 0.25) is 6.29 Å². The molecule has 1 aromatic rings. The summed E-state index contributed by atoms with van der Waals surface area (Å²) < 4.78 is 16.9. The van der Waals surface area contributed by atoms with Crippen LogP contribution in [0.1, 0.15) is 33.3 Å². The minimum Gasteiger partial charge on any atom is -0.460 e. The number of anilines is 1. The van der Waals surface area contributed by atoms with Crippen molar-refractivity contribution in [3.05, 3.63) is 23.8 Å². The highest BCUT2D eigenvalue weighted by Gasteiger charge is 2.44. The summed E-state index contributed by atoms with van der Waals surface area (Å²) in [5, 5.41) is 42.4. The number of nitrogens with one attached hydrogen (secondary N) is 1. The van der Waals surface area contributed by atoms with Crippen LogP contribution < -0.4 is 10.1 Å². The molecule has 0 aromatic heterocycles. The van der Waals surface area contributed by atoms with Gasteiger partial charge in [-0.25, -0.2) is 0 Å². The first-order valence-corrected chi connectivity index (χ1v) is 9.14. The van der Waals surface area contributed by atoms with Crippen molar-refractivity contribution in [1.29, 1.82) is 0 Å². The molecule has 0 spiro atoms. The number of hydrogen-bond acceptors (Lipinski definition) is 8. The van der Waals surface area contributed by atoms with Gasteiger partial charge in [-0.1, -0.05) is 6.07 Å². The fraction of sp³-hybridized carbons (Fsp3) is 0.684. The second kappa shape index (κ2) is 9.18. The van der Waals surface area contributed by atoms with Crippen molar-refractivity contribution in [3.8, 4) is 5.75 Å².